The zero-order valence-corrected chi connectivity index (χ0v) is 11.3. The number of H-pyrrole nitrogens is 1. The highest BCUT2D eigenvalue weighted by molar-refractivity contribution is 5.02. The summed E-state index contributed by atoms with van der Waals surface area (Å²) in [5.74, 6) is 1.28. The third-order valence-electron chi connectivity index (χ3n) is 2.46. The second-order valence-electron chi connectivity index (χ2n) is 3.80. The molecule has 0 aromatic carbocycles. The van der Waals surface area contributed by atoms with Crippen molar-refractivity contribution in [1.29, 1.82) is 0 Å². The van der Waals surface area contributed by atoms with E-state index in [-0.39, 0.29) is 0 Å². The van der Waals surface area contributed by atoms with Crippen molar-refractivity contribution in [3.8, 4) is 0 Å². The maximum absolute atomic E-state index is 8.49. The first-order valence-corrected chi connectivity index (χ1v) is 6.57. The van der Waals surface area contributed by atoms with Gasteiger partial charge in [0.15, 0.2) is 0 Å². The van der Waals surface area contributed by atoms with Gasteiger partial charge in [-0.3, -0.25) is 0 Å². The third-order valence-corrected chi connectivity index (χ3v) is 2.46. The van der Waals surface area contributed by atoms with Crippen molar-refractivity contribution in [1.82, 2.24) is 4.98 Å². The molecular formula is C10H19ClN2O4. The van der Waals surface area contributed by atoms with E-state index < -0.39 is 10.2 Å². The first-order chi connectivity index (χ1) is 7.66. The van der Waals surface area contributed by atoms with Crippen LogP contribution in [0.5, 0.6) is 0 Å². The Morgan fingerprint density at radius 2 is 1.59 bits per heavy atom. The van der Waals surface area contributed by atoms with E-state index in [9.17, 15) is 0 Å². The van der Waals surface area contributed by atoms with Crippen LogP contribution in [0.1, 0.15) is 37.0 Å². The number of hydrogen-bond acceptors (Lipinski definition) is 4. The maximum atomic E-state index is 8.49. The number of nitrogens with one attached hydrogen (secondary N) is 1. The van der Waals surface area contributed by atoms with Crippen molar-refractivity contribution in [2.75, 3.05) is 0 Å². The van der Waals surface area contributed by atoms with Crippen LogP contribution in [0.15, 0.2) is 0 Å². The summed E-state index contributed by atoms with van der Waals surface area (Å²) in [7, 11) is -4.94. The van der Waals surface area contributed by atoms with Gasteiger partial charge in [-0.25, -0.2) is 28.2 Å². The average molecular weight is 267 g/mol. The lowest BCUT2D eigenvalue weighted by Gasteiger charge is -2.17. The minimum absolute atomic E-state index is 1.15. The second-order valence-corrected chi connectivity index (χ2v) is 4.56. The van der Waals surface area contributed by atoms with E-state index in [0.29, 0.717) is 0 Å². The van der Waals surface area contributed by atoms with Gasteiger partial charge in [0.2, 0.25) is 0 Å². The molecule has 0 aliphatic rings. The zero-order valence-electron chi connectivity index (χ0n) is 10.6. The van der Waals surface area contributed by atoms with Crippen molar-refractivity contribution in [3.05, 3.63) is 17.2 Å². The number of hydrogen-bond donors (Lipinski definition) is 1. The van der Waals surface area contributed by atoms with Gasteiger partial charge in [-0.15, -0.1) is 10.2 Å². The van der Waals surface area contributed by atoms with E-state index >= 15 is 0 Å². The lowest BCUT2D eigenvalue weighted by atomic mass is 10.3. The quantitative estimate of drug-likeness (QED) is 0.599. The molecule has 1 aromatic rings. The largest absolute Gasteiger partial charge is 0.251 e. The molecule has 0 saturated carbocycles. The summed E-state index contributed by atoms with van der Waals surface area (Å²) in [5, 5.41) is 0. The van der Waals surface area contributed by atoms with Crippen molar-refractivity contribution in [3.63, 3.8) is 0 Å². The molecule has 1 heterocycles. The van der Waals surface area contributed by atoms with Crippen molar-refractivity contribution in [2.24, 2.45) is 0 Å². The third kappa shape index (κ3) is 7.30. The number of halogens is 1. The standard InChI is InChI=1S/C10H18N2.ClHO4/c1-5-6-7-12-9(3)8(2)11-10(12)4;2-1(3,4)5/h5-7H2,1-4H3;(H,2,3,4,5). The zero-order chi connectivity index (χ0) is 13.6. The van der Waals surface area contributed by atoms with Crippen LogP contribution < -0.4 is 23.2 Å². The minimum atomic E-state index is -4.94. The molecule has 0 fully saturated rings. The second kappa shape index (κ2) is 6.93. The van der Waals surface area contributed by atoms with Crippen molar-refractivity contribution < 1.29 is 33.4 Å². The number of aromatic amines is 1. The van der Waals surface area contributed by atoms with E-state index in [1.54, 1.807) is 0 Å². The van der Waals surface area contributed by atoms with Gasteiger partial charge < -0.3 is 0 Å². The molecular weight excluding hydrogens is 248 g/mol. The Hall–Kier alpha value is -0.660. The molecule has 7 heteroatoms. The Kier molecular flexibility index (Phi) is 6.66. The summed E-state index contributed by atoms with van der Waals surface area (Å²) in [5.41, 5.74) is 2.67. The number of rotatable bonds is 3. The average Bonchev–Trinajstić information content (AvgIpc) is 2.37. The van der Waals surface area contributed by atoms with Gasteiger partial charge in [0.05, 0.1) is 6.54 Å². The molecule has 0 saturated heterocycles. The molecule has 0 spiro atoms. The monoisotopic (exact) mass is 266 g/mol. The molecule has 0 atom stereocenters. The highest BCUT2D eigenvalue weighted by atomic mass is 35.7. The van der Waals surface area contributed by atoms with Gasteiger partial charge in [-0.1, -0.05) is 13.3 Å². The van der Waals surface area contributed by atoms with Gasteiger partial charge in [-0.05, 0) is 6.42 Å². The van der Waals surface area contributed by atoms with Crippen LogP contribution in [0, 0.1) is 31.0 Å². The van der Waals surface area contributed by atoms with Crippen LogP contribution in [0.2, 0.25) is 0 Å². The molecule has 100 valence electrons. The summed E-state index contributed by atoms with van der Waals surface area (Å²) in [4.78, 5) is 3.35. The fourth-order valence-corrected chi connectivity index (χ4v) is 1.53. The van der Waals surface area contributed by atoms with Gasteiger partial charge in [0, 0.05) is 20.8 Å². The molecule has 17 heavy (non-hydrogen) atoms. The number of nitrogens with zero attached hydrogens (tertiary/aromatic N) is 1. The van der Waals surface area contributed by atoms with Gasteiger partial charge in [-0.2, -0.15) is 0 Å². The summed E-state index contributed by atoms with van der Waals surface area (Å²) in [6, 6.07) is 0. The molecule has 1 aromatic heterocycles. The normalized spacial score (nSPS) is 11.1. The van der Waals surface area contributed by atoms with E-state index in [2.05, 4.69) is 37.2 Å². The van der Waals surface area contributed by atoms with E-state index in [1.165, 1.54) is 30.1 Å². The Morgan fingerprint density at radius 1 is 1.12 bits per heavy atom. The first-order valence-electron chi connectivity index (χ1n) is 5.34. The summed E-state index contributed by atoms with van der Waals surface area (Å²) in [6.07, 6.45) is 2.53. The molecule has 0 bridgehead atoms. The van der Waals surface area contributed by atoms with Gasteiger partial charge in [0.1, 0.15) is 11.4 Å². The fourth-order valence-electron chi connectivity index (χ4n) is 1.53. The summed E-state index contributed by atoms with van der Waals surface area (Å²) >= 11 is 0. The molecule has 0 amide bonds. The molecule has 0 aliphatic heterocycles. The van der Waals surface area contributed by atoms with Crippen LogP contribution in [0.3, 0.4) is 0 Å². The number of imidazole rings is 1. The first kappa shape index (κ1) is 16.3. The molecule has 1 N–H and O–H groups in total. The van der Waals surface area contributed by atoms with E-state index in [1.807, 2.05) is 0 Å². The summed E-state index contributed by atoms with van der Waals surface area (Å²) < 4.78 is 36.3. The Balaban J connectivity index is 0.000000437. The minimum Gasteiger partial charge on any atom is -0.245 e. The van der Waals surface area contributed by atoms with Crippen LogP contribution >= 0.6 is 0 Å². The topological polar surface area (TPSA) is 112 Å². The predicted molar refractivity (Wildman–Crippen MR) is 50.1 cm³/mol. The van der Waals surface area contributed by atoms with Crippen molar-refractivity contribution >= 4 is 0 Å². The maximum Gasteiger partial charge on any atom is 0.251 e. The number of unbranched alkanes of at least 4 members (excludes halogenated alkanes) is 1. The van der Waals surface area contributed by atoms with Crippen LogP contribution in [-0.2, 0) is 6.54 Å². The van der Waals surface area contributed by atoms with Crippen molar-refractivity contribution in [2.45, 2.75) is 47.1 Å². The Morgan fingerprint density at radius 3 is 1.88 bits per heavy atom. The van der Waals surface area contributed by atoms with Gasteiger partial charge >= 0.3 is 0 Å². The predicted octanol–water partition coefficient (Wildman–Crippen LogP) is -2.73. The molecule has 6 nitrogen and oxygen atoms in total. The van der Waals surface area contributed by atoms with Gasteiger partial charge in [0.25, 0.3) is 5.82 Å². The fraction of sp³-hybridized carbons (Fsp3) is 0.700. The van der Waals surface area contributed by atoms with E-state index in [0.717, 1.165) is 6.54 Å². The summed E-state index contributed by atoms with van der Waals surface area (Å²) in [6.45, 7) is 9.82. The number of aryl methyl sites for hydroxylation is 2. The Bertz CT molecular complexity index is 341. The molecule has 0 aliphatic carbocycles. The number of aromatic nitrogens is 2. The highest BCUT2D eigenvalue weighted by Crippen LogP contribution is 2.00. The highest BCUT2D eigenvalue weighted by Gasteiger charge is 2.13. The lowest BCUT2D eigenvalue weighted by Crippen LogP contribution is -2.68. The molecule has 1 rings (SSSR count). The SMILES string of the molecule is CCCC[n+]1c(C)[nH]c(C)c1C.[O-][Cl+3]([O-])([O-])[O-]. The van der Waals surface area contributed by atoms with Crippen LogP contribution in [0.25, 0.3) is 0 Å². The molecule has 0 unspecified atom stereocenters. The lowest BCUT2D eigenvalue weighted by molar-refractivity contribution is -2.00. The molecule has 0 radical (unpaired) electrons. The Labute approximate surface area is 103 Å². The van der Waals surface area contributed by atoms with Crippen LogP contribution in [-0.4, -0.2) is 4.98 Å². The van der Waals surface area contributed by atoms with E-state index in [4.69, 9.17) is 18.6 Å². The smallest absolute Gasteiger partial charge is 0.245 e. The van der Waals surface area contributed by atoms with Crippen LogP contribution in [0.4, 0.5) is 0 Å².